The van der Waals surface area contributed by atoms with Crippen LogP contribution >= 0.6 is 0 Å². The quantitative estimate of drug-likeness (QED) is 0.528. The fourth-order valence-corrected chi connectivity index (χ4v) is 0.753. The van der Waals surface area contributed by atoms with E-state index in [1.165, 1.54) is 0 Å². The summed E-state index contributed by atoms with van der Waals surface area (Å²) in [5.41, 5.74) is 0. The molecule has 0 amide bonds. The molecule has 0 aromatic rings. The molecule has 0 N–H and O–H groups in total. The summed E-state index contributed by atoms with van der Waals surface area (Å²) in [7, 11) is 4.07. The SMILES string of the molecule is CN(C)C[C]1C=CC=N1. The van der Waals surface area contributed by atoms with Crippen molar-refractivity contribution in [2.75, 3.05) is 20.6 Å². The largest absolute Gasteiger partial charge is 0.307 e. The summed E-state index contributed by atoms with van der Waals surface area (Å²) in [4.78, 5) is 6.21. The van der Waals surface area contributed by atoms with Crippen molar-refractivity contribution in [2.24, 2.45) is 4.99 Å². The topological polar surface area (TPSA) is 15.6 Å². The standard InChI is InChI=1S/C7H11N2/c1-9(2)6-7-4-3-5-8-7/h3-5H,6H2,1-2H3. The van der Waals surface area contributed by atoms with Crippen LogP contribution < -0.4 is 0 Å². The van der Waals surface area contributed by atoms with Crippen LogP contribution in [0.4, 0.5) is 0 Å². The molecular formula is C7H11N2. The van der Waals surface area contributed by atoms with Crippen molar-refractivity contribution in [1.82, 2.24) is 4.90 Å². The molecule has 1 aliphatic heterocycles. The average Bonchev–Trinajstić information content (AvgIpc) is 2.15. The Morgan fingerprint density at radius 3 is 2.78 bits per heavy atom. The van der Waals surface area contributed by atoms with Crippen LogP contribution in [0.2, 0.25) is 0 Å². The van der Waals surface area contributed by atoms with Crippen LogP contribution in [0.1, 0.15) is 0 Å². The molecule has 0 unspecified atom stereocenters. The smallest absolute Gasteiger partial charge is 0.122 e. The zero-order valence-corrected chi connectivity index (χ0v) is 5.83. The summed E-state index contributed by atoms with van der Waals surface area (Å²) < 4.78 is 0. The van der Waals surface area contributed by atoms with Gasteiger partial charge in [-0.25, -0.2) is 0 Å². The van der Waals surface area contributed by atoms with Crippen molar-refractivity contribution in [2.45, 2.75) is 0 Å². The van der Waals surface area contributed by atoms with Crippen molar-refractivity contribution in [3.8, 4) is 0 Å². The van der Waals surface area contributed by atoms with E-state index in [-0.39, 0.29) is 0 Å². The third-order valence-electron chi connectivity index (χ3n) is 1.09. The second kappa shape index (κ2) is 2.78. The van der Waals surface area contributed by atoms with Gasteiger partial charge in [0.15, 0.2) is 0 Å². The summed E-state index contributed by atoms with van der Waals surface area (Å²) in [6, 6.07) is 1.14. The van der Waals surface area contributed by atoms with Gasteiger partial charge in [0.2, 0.25) is 0 Å². The predicted octanol–water partition coefficient (Wildman–Crippen LogP) is 0.721. The summed E-state index contributed by atoms with van der Waals surface area (Å²) in [6.07, 6.45) is 5.80. The van der Waals surface area contributed by atoms with Crippen LogP contribution in [-0.4, -0.2) is 31.8 Å². The van der Waals surface area contributed by atoms with E-state index in [2.05, 4.69) is 9.89 Å². The number of likely N-dealkylation sites (N-methyl/N-ethyl adjacent to an activating group) is 1. The Morgan fingerprint density at radius 2 is 2.33 bits per heavy atom. The van der Waals surface area contributed by atoms with E-state index < -0.39 is 0 Å². The molecular weight excluding hydrogens is 112 g/mol. The van der Waals surface area contributed by atoms with E-state index in [1.54, 1.807) is 0 Å². The zero-order valence-electron chi connectivity index (χ0n) is 5.83. The molecule has 0 aliphatic carbocycles. The molecule has 1 aliphatic rings. The lowest BCUT2D eigenvalue weighted by Gasteiger charge is -2.10. The Labute approximate surface area is 55.9 Å². The first kappa shape index (κ1) is 6.49. The molecule has 1 rings (SSSR count). The van der Waals surface area contributed by atoms with Gasteiger partial charge in [0.25, 0.3) is 0 Å². The molecule has 0 fully saturated rings. The van der Waals surface area contributed by atoms with Gasteiger partial charge >= 0.3 is 0 Å². The number of hydrogen-bond donors (Lipinski definition) is 0. The Kier molecular flexibility index (Phi) is 2.01. The second-order valence-electron chi connectivity index (χ2n) is 2.37. The van der Waals surface area contributed by atoms with Crippen LogP contribution in [0.5, 0.6) is 0 Å². The summed E-state index contributed by atoms with van der Waals surface area (Å²) in [5.74, 6) is 0. The predicted molar refractivity (Wildman–Crippen MR) is 39.4 cm³/mol. The van der Waals surface area contributed by atoms with Crippen LogP contribution in [-0.2, 0) is 0 Å². The number of hydrogen-bond acceptors (Lipinski definition) is 2. The van der Waals surface area contributed by atoms with Crippen LogP contribution in [0, 0.1) is 6.04 Å². The molecule has 0 atom stereocenters. The van der Waals surface area contributed by atoms with Crippen LogP contribution in [0.3, 0.4) is 0 Å². The van der Waals surface area contributed by atoms with Gasteiger partial charge in [-0.3, -0.25) is 4.99 Å². The van der Waals surface area contributed by atoms with Gasteiger partial charge in [-0.2, -0.15) is 0 Å². The van der Waals surface area contributed by atoms with Crippen molar-refractivity contribution >= 4 is 6.21 Å². The molecule has 49 valence electrons. The molecule has 2 heteroatoms. The maximum Gasteiger partial charge on any atom is 0.122 e. The molecule has 0 bridgehead atoms. The monoisotopic (exact) mass is 123 g/mol. The van der Waals surface area contributed by atoms with Crippen molar-refractivity contribution in [3.63, 3.8) is 0 Å². The highest BCUT2D eigenvalue weighted by Gasteiger charge is 2.05. The van der Waals surface area contributed by atoms with Gasteiger partial charge in [-0.05, 0) is 20.2 Å². The maximum absolute atomic E-state index is 4.11. The maximum atomic E-state index is 4.11. The first-order valence-electron chi connectivity index (χ1n) is 3.00. The van der Waals surface area contributed by atoms with Gasteiger partial charge in [0, 0.05) is 12.8 Å². The highest BCUT2D eigenvalue weighted by atomic mass is 15.1. The second-order valence-corrected chi connectivity index (χ2v) is 2.37. The average molecular weight is 123 g/mol. The Bertz CT molecular complexity index is 124. The summed E-state index contributed by atoms with van der Waals surface area (Å²) >= 11 is 0. The van der Waals surface area contributed by atoms with Crippen molar-refractivity contribution < 1.29 is 0 Å². The number of nitrogens with zero attached hydrogens (tertiary/aromatic N) is 2. The summed E-state index contributed by atoms with van der Waals surface area (Å²) in [5, 5.41) is 0. The normalized spacial score (nSPS) is 18.1. The van der Waals surface area contributed by atoms with E-state index in [0.29, 0.717) is 0 Å². The minimum absolute atomic E-state index is 0.938. The molecule has 0 spiro atoms. The Morgan fingerprint density at radius 1 is 1.56 bits per heavy atom. The molecule has 0 aromatic carbocycles. The van der Waals surface area contributed by atoms with Gasteiger partial charge in [0.05, 0.1) is 0 Å². The van der Waals surface area contributed by atoms with Gasteiger partial charge in [-0.15, -0.1) is 0 Å². The first-order valence-corrected chi connectivity index (χ1v) is 3.00. The van der Waals surface area contributed by atoms with E-state index in [1.807, 2.05) is 32.5 Å². The number of allylic oxidation sites excluding steroid dienone is 1. The van der Waals surface area contributed by atoms with E-state index in [9.17, 15) is 0 Å². The Hall–Kier alpha value is -0.630. The lowest BCUT2D eigenvalue weighted by molar-refractivity contribution is 0.428. The number of aliphatic imine (C=N–C) groups is 1. The molecule has 0 saturated carbocycles. The molecule has 0 saturated heterocycles. The van der Waals surface area contributed by atoms with Crippen LogP contribution in [0.15, 0.2) is 17.1 Å². The minimum Gasteiger partial charge on any atom is -0.307 e. The molecule has 9 heavy (non-hydrogen) atoms. The van der Waals surface area contributed by atoms with Gasteiger partial charge < -0.3 is 4.90 Å². The molecule has 1 radical (unpaired) electrons. The third kappa shape index (κ3) is 1.98. The van der Waals surface area contributed by atoms with E-state index in [0.717, 1.165) is 12.6 Å². The third-order valence-corrected chi connectivity index (χ3v) is 1.09. The van der Waals surface area contributed by atoms with Gasteiger partial charge in [-0.1, -0.05) is 6.08 Å². The fraction of sp³-hybridized carbons (Fsp3) is 0.429. The van der Waals surface area contributed by atoms with Crippen molar-refractivity contribution in [1.29, 1.82) is 0 Å². The molecule has 0 aromatic heterocycles. The summed E-state index contributed by atoms with van der Waals surface area (Å²) in [6.45, 7) is 0.938. The molecule has 1 heterocycles. The van der Waals surface area contributed by atoms with E-state index >= 15 is 0 Å². The zero-order chi connectivity index (χ0) is 6.69. The lowest BCUT2D eigenvalue weighted by atomic mass is 10.3. The van der Waals surface area contributed by atoms with Crippen LogP contribution in [0.25, 0.3) is 0 Å². The Balaban J connectivity index is 2.29. The highest BCUT2D eigenvalue weighted by molar-refractivity contribution is 5.76. The van der Waals surface area contributed by atoms with E-state index in [4.69, 9.17) is 0 Å². The lowest BCUT2D eigenvalue weighted by Crippen LogP contribution is -2.16. The molecule has 2 nitrogen and oxygen atoms in total. The minimum atomic E-state index is 0.938. The van der Waals surface area contributed by atoms with Crippen molar-refractivity contribution in [3.05, 3.63) is 18.2 Å². The first-order chi connectivity index (χ1) is 4.29. The number of rotatable bonds is 2. The highest BCUT2D eigenvalue weighted by Crippen LogP contribution is 2.08. The van der Waals surface area contributed by atoms with Gasteiger partial charge in [0.1, 0.15) is 6.04 Å². The fourth-order valence-electron chi connectivity index (χ4n) is 0.753.